The normalized spacial score (nSPS) is 20.8. The van der Waals surface area contributed by atoms with Crippen LogP contribution in [0.1, 0.15) is 58.4 Å². The Morgan fingerprint density at radius 3 is 2.31 bits per heavy atom. The number of amides is 3. The SMILES string of the molecule is CC(C)(C)OC(=O)N[C@@H]1C[C@@H](C(=O)O)N(C(=O)[C@@H](CC(=O)N2CCCCC2)CS(=O)(=O)Cc2ccccc2)C1. The highest BCUT2D eigenvalue weighted by atomic mass is 32.2. The van der Waals surface area contributed by atoms with Crippen molar-refractivity contribution in [3.63, 3.8) is 0 Å². The average molecular weight is 566 g/mol. The zero-order valence-corrected chi connectivity index (χ0v) is 23.6. The van der Waals surface area contributed by atoms with Gasteiger partial charge in [-0.2, -0.15) is 0 Å². The number of likely N-dealkylation sites (tertiary alicyclic amines) is 2. The predicted molar refractivity (Wildman–Crippen MR) is 143 cm³/mol. The Kier molecular flexibility index (Phi) is 9.98. The molecule has 39 heavy (non-hydrogen) atoms. The third kappa shape index (κ3) is 9.22. The van der Waals surface area contributed by atoms with Crippen LogP contribution in [0.5, 0.6) is 0 Å². The molecule has 1 aromatic carbocycles. The lowest BCUT2D eigenvalue weighted by Crippen LogP contribution is -2.47. The van der Waals surface area contributed by atoms with E-state index in [0.29, 0.717) is 18.7 Å². The van der Waals surface area contributed by atoms with Crippen molar-refractivity contribution in [2.24, 2.45) is 5.92 Å². The molecule has 0 bridgehead atoms. The van der Waals surface area contributed by atoms with E-state index in [-0.39, 0.29) is 31.0 Å². The molecule has 2 aliphatic heterocycles. The molecule has 0 saturated carbocycles. The van der Waals surface area contributed by atoms with Gasteiger partial charge in [0.05, 0.1) is 23.5 Å². The Morgan fingerprint density at radius 1 is 1.08 bits per heavy atom. The van der Waals surface area contributed by atoms with Crippen molar-refractivity contribution < 1.29 is 37.4 Å². The molecule has 0 aliphatic carbocycles. The summed E-state index contributed by atoms with van der Waals surface area (Å²) in [5.41, 5.74) is -0.213. The van der Waals surface area contributed by atoms with Crippen LogP contribution in [0.15, 0.2) is 30.3 Å². The molecule has 1 aromatic rings. The molecule has 3 amide bonds. The van der Waals surface area contributed by atoms with Gasteiger partial charge in [0.15, 0.2) is 9.84 Å². The molecule has 2 aliphatic rings. The van der Waals surface area contributed by atoms with E-state index in [9.17, 15) is 32.7 Å². The largest absolute Gasteiger partial charge is 0.480 e. The molecule has 12 heteroatoms. The standard InChI is InChI=1S/C27H39N3O8S/c1-27(2,3)38-26(35)28-21-15-22(25(33)34)30(16-21)24(32)20(14-23(31)29-12-8-5-9-13-29)18-39(36,37)17-19-10-6-4-7-11-19/h4,6-7,10-11,20-22H,5,8-9,12-18H2,1-3H3,(H,28,35)(H,33,34)/t20-,21+,22-/m0/s1. The van der Waals surface area contributed by atoms with Gasteiger partial charge >= 0.3 is 12.1 Å². The number of benzene rings is 1. The first kappa shape index (κ1) is 30.4. The van der Waals surface area contributed by atoms with Crippen molar-refractivity contribution in [1.82, 2.24) is 15.1 Å². The first-order valence-corrected chi connectivity index (χ1v) is 15.1. The van der Waals surface area contributed by atoms with Crippen LogP contribution in [0, 0.1) is 5.92 Å². The zero-order chi connectivity index (χ0) is 28.8. The molecule has 2 saturated heterocycles. The first-order chi connectivity index (χ1) is 18.2. The van der Waals surface area contributed by atoms with Gasteiger partial charge in [-0.3, -0.25) is 9.59 Å². The summed E-state index contributed by atoms with van der Waals surface area (Å²) in [6.07, 6.45) is 1.53. The second-order valence-corrected chi connectivity index (χ2v) is 13.4. The molecular formula is C27H39N3O8S. The van der Waals surface area contributed by atoms with Gasteiger partial charge < -0.3 is 25.0 Å². The quantitative estimate of drug-likeness (QED) is 0.463. The van der Waals surface area contributed by atoms with Crippen LogP contribution in [0.3, 0.4) is 0 Å². The lowest BCUT2D eigenvalue weighted by atomic mass is 10.0. The van der Waals surface area contributed by atoms with E-state index in [0.717, 1.165) is 24.2 Å². The average Bonchev–Trinajstić information content (AvgIpc) is 3.26. The Morgan fingerprint density at radius 2 is 1.72 bits per heavy atom. The second kappa shape index (κ2) is 12.8. The van der Waals surface area contributed by atoms with Crippen molar-refractivity contribution in [2.45, 2.75) is 76.3 Å². The number of carboxylic acid groups (broad SMARTS) is 1. The molecule has 2 fully saturated rings. The summed E-state index contributed by atoms with van der Waals surface area (Å²) >= 11 is 0. The second-order valence-electron chi connectivity index (χ2n) is 11.3. The lowest BCUT2D eigenvalue weighted by Gasteiger charge is -2.30. The molecule has 11 nitrogen and oxygen atoms in total. The Balaban J connectivity index is 1.80. The summed E-state index contributed by atoms with van der Waals surface area (Å²) in [5, 5.41) is 12.4. The Labute approximate surface area is 229 Å². The Hall–Kier alpha value is -3.15. The summed E-state index contributed by atoms with van der Waals surface area (Å²) in [4.78, 5) is 53.9. The van der Waals surface area contributed by atoms with E-state index >= 15 is 0 Å². The van der Waals surface area contributed by atoms with Crippen LogP contribution in [0.4, 0.5) is 4.79 Å². The number of hydrogen-bond donors (Lipinski definition) is 2. The number of aliphatic carboxylic acids is 1. The van der Waals surface area contributed by atoms with Crippen molar-refractivity contribution >= 4 is 33.7 Å². The van der Waals surface area contributed by atoms with Gasteiger partial charge in [0.1, 0.15) is 11.6 Å². The van der Waals surface area contributed by atoms with Gasteiger partial charge in [-0.1, -0.05) is 30.3 Å². The van der Waals surface area contributed by atoms with E-state index in [2.05, 4.69) is 5.32 Å². The highest BCUT2D eigenvalue weighted by Crippen LogP contribution is 2.25. The monoisotopic (exact) mass is 565 g/mol. The third-order valence-corrected chi connectivity index (χ3v) is 8.44. The van der Waals surface area contributed by atoms with Gasteiger partial charge in [-0.05, 0) is 45.6 Å². The number of ether oxygens (including phenoxy) is 1. The minimum absolute atomic E-state index is 0.0656. The maximum atomic E-state index is 13.8. The molecule has 216 valence electrons. The van der Waals surface area contributed by atoms with Crippen LogP contribution >= 0.6 is 0 Å². The van der Waals surface area contributed by atoms with Gasteiger partial charge in [0, 0.05) is 32.5 Å². The number of nitrogens with one attached hydrogen (secondary N) is 1. The van der Waals surface area contributed by atoms with Gasteiger partial charge in [-0.15, -0.1) is 0 Å². The van der Waals surface area contributed by atoms with Crippen molar-refractivity contribution in [3.05, 3.63) is 35.9 Å². The molecule has 0 spiro atoms. The molecular weight excluding hydrogens is 526 g/mol. The predicted octanol–water partition coefficient (Wildman–Crippen LogP) is 2.20. The molecule has 2 heterocycles. The molecule has 0 unspecified atom stereocenters. The number of rotatable bonds is 9. The molecule has 3 atom stereocenters. The first-order valence-electron chi connectivity index (χ1n) is 13.3. The van der Waals surface area contributed by atoms with Crippen molar-refractivity contribution in [1.29, 1.82) is 0 Å². The topological polar surface area (TPSA) is 150 Å². The summed E-state index contributed by atoms with van der Waals surface area (Å²) in [7, 11) is -3.83. The fourth-order valence-electron chi connectivity index (χ4n) is 5.02. The minimum Gasteiger partial charge on any atom is -0.480 e. The summed E-state index contributed by atoms with van der Waals surface area (Å²) in [5.74, 6) is -4.47. The van der Waals surface area contributed by atoms with E-state index in [1.165, 1.54) is 0 Å². The fraction of sp³-hybridized carbons (Fsp3) is 0.630. The maximum absolute atomic E-state index is 13.8. The number of piperidine rings is 1. The zero-order valence-electron chi connectivity index (χ0n) is 22.8. The molecule has 0 aromatic heterocycles. The smallest absolute Gasteiger partial charge is 0.407 e. The highest BCUT2D eigenvalue weighted by Gasteiger charge is 2.44. The summed E-state index contributed by atoms with van der Waals surface area (Å²) in [6, 6.07) is 6.55. The molecule has 3 rings (SSSR count). The number of nitrogens with zero attached hydrogens (tertiary/aromatic N) is 2. The van der Waals surface area contributed by atoms with Crippen molar-refractivity contribution in [3.8, 4) is 0 Å². The van der Waals surface area contributed by atoms with E-state index < -0.39 is 57.2 Å². The lowest BCUT2D eigenvalue weighted by molar-refractivity contribution is -0.150. The summed E-state index contributed by atoms with van der Waals surface area (Å²) < 4.78 is 31.6. The Bertz CT molecular complexity index is 1140. The fourth-order valence-corrected chi connectivity index (χ4v) is 6.71. The van der Waals surface area contributed by atoms with Gasteiger partial charge in [-0.25, -0.2) is 18.0 Å². The van der Waals surface area contributed by atoms with Gasteiger partial charge in [0.2, 0.25) is 11.8 Å². The number of carbonyl (C=O) groups excluding carboxylic acids is 3. The maximum Gasteiger partial charge on any atom is 0.407 e. The summed E-state index contributed by atoms with van der Waals surface area (Å²) in [6.45, 7) is 6.02. The van der Waals surface area contributed by atoms with Gasteiger partial charge in [0.25, 0.3) is 0 Å². The van der Waals surface area contributed by atoms with Crippen molar-refractivity contribution in [2.75, 3.05) is 25.4 Å². The van der Waals surface area contributed by atoms with Crippen LogP contribution in [0.2, 0.25) is 0 Å². The number of carboxylic acids is 1. The number of carbonyl (C=O) groups is 4. The number of sulfone groups is 1. The van der Waals surface area contributed by atoms with Crippen LogP contribution in [-0.2, 0) is 34.7 Å². The molecule has 2 N–H and O–H groups in total. The van der Waals surface area contributed by atoms with E-state index in [1.54, 1.807) is 56.0 Å². The number of alkyl carbamates (subject to hydrolysis) is 1. The van der Waals surface area contributed by atoms with Crippen LogP contribution in [-0.4, -0.2) is 90.3 Å². The third-order valence-electron chi connectivity index (χ3n) is 6.75. The number of hydrogen-bond acceptors (Lipinski definition) is 7. The minimum atomic E-state index is -3.83. The van der Waals surface area contributed by atoms with E-state index in [4.69, 9.17) is 4.74 Å². The van der Waals surface area contributed by atoms with Crippen LogP contribution < -0.4 is 5.32 Å². The highest BCUT2D eigenvalue weighted by molar-refractivity contribution is 7.90. The van der Waals surface area contributed by atoms with Crippen LogP contribution in [0.25, 0.3) is 0 Å². The van der Waals surface area contributed by atoms with E-state index in [1.807, 2.05) is 0 Å². The molecule has 0 radical (unpaired) electrons.